The van der Waals surface area contributed by atoms with Crippen LogP contribution in [0.25, 0.3) is 30.1 Å². The summed E-state index contributed by atoms with van der Waals surface area (Å²) >= 11 is 0. The Balaban J connectivity index is 1.73. The minimum atomic E-state index is 0.905. The Morgan fingerprint density at radius 2 is 1.04 bits per heavy atom. The van der Waals surface area contributed by atoms with Crippen molar-refractivity contribution >= 4 is 24.3 Å². The van der Waals surface area contributed by atoms with Crippen LogP contribution in [0.3, 0.4) is 0 Å². The molecule has 4 rings (SSSR count). The molecule has 0 radical (unpaired) electrons. The standard InChI is InChI=1S/C25H20N2/c1-3-9-21(10-4-1)14-16-23-18-19-24(17-15-22-11-5-2-6-12-22)27(23)25-13-7-8-20-26-25/h1-20H/b16-14+,17-15+. The third-order valence-corrected chi connectivity index (χ3v) is 4.31. The molecule has 0 atom stereocenters. The monoisotopic (exact) mass is 348 g/mol. The van der Waals surface area contributed by atoms with E-state index in [1.54, 1.807) is 0 Å². The molecule has 0 fully saturated rings. The molecule has 2 aromatic carbocycles. The minimum absolute atomic E-state index is 0.905. The third kappa shape index (κ3) is 4.13. The summed E-state index contributed by atoms with van der Waals surface area (Å²) < 4.78 is 2.17. The maximum Gasteiger partial charge on any atom is 0.137 e. The van der Waals surface area contributed by atoms with Crippen molar-refractivity contribution in [1.82, 2.24) is 9.55 Å². The van der Waals surface area contributed by atoms with Crippen LogP contribution >= 0.6 is 0 Å². The number of benzene rings is 2. The summed E-state index contributed by atoms with van der Waals surface area (Å²) in [6.45, 7) is 0. The molecule has 0 aliphatic heterocycles. The first kappa shape index (κ1) is 16.8. The summed E-state index contributed by atoms with van der Waals surface area (Å²) in [5, 5.41) is 0. The number of hydrogen-bond acceptors (Lipinski definition) is 1. The average molecular weight is 348 g/mol. The fraction of sp³-hybridized carbons (Fsp3) is 0. The number of aromatic nitrogens is 2. The molecule has 4 aromatic rings. The first-order valence-corrected chi connectivity index (χ1v) is 8.99. The van der Waals surface area contributed by atoms with Crippen LogP contribution in [0.1, 0.15) is 22.5 Å². The predicted molar refractivity (Wildman–Crippen MR) is 114 cm³/mol. The van der Waals surface area contributed by atoms with Crippen molar-refractivity contribution in [2.75, 3.05) is 0 Å². The Hall–Kier alpha value is -3.65. The van der Waals surface area contributed by atoms with Crippen molar-refractivity contribution in [2.45, 2.75) is 0 Å². The molecule has 0 saturated heterocycles. The van der Waals surface area contributed by atoms with Gasteiger partial charge in [-0.2, -0.15) is 0 Å². The Bertz CT molecular complexity index is 976. The van der Waals surface area contributed by atoms with Crippen molar-refractivity contribution in [3.8, 4) is 5.82 Å². The molecule has 0 N–H and O–H groups in total. The highest BCUT2D eigenvalue weighted by molar-refractivity contribution is 5.74. The first-order valence-electron chi connectivity index (χ1n) is 8.99. The van der Waals surface area contributed by atoms with Crippen LogP contribution in [0.2, 0.25) is 0 Å². The van der Waals surface area contributed by atoms with E-state index >= 15 is 0 Å². The highest BCUT2D eigenvalue weighted by Crippen LogP contribution is 2.20. The minimum Gasteiger partial charge on any atom is -0.295 e. The van der Waals surface area contributed by atoms with E-state index in [-0.39, 0.29) is 0 Å². The van der Waals surface area contributed by atoms with Crippen molar-refractivity contribution in [2.24, 2.45) is 0 Å². The molecule has 0 spiro atoms. The summed E-state index contributed by atoms with van der Waals surface area (Å²) in [5.74, 6) is 0.905. The maximum absolute atomic E-state index is 4.55. The summed E-state index contributed by atoms with van der Waals surface area (Å²) in [4.78, 5) is 4.55. The second kappa shape index (κ2) is 8.15. The number of rotatable bonds is 5. The second-order valence-corrected chi connectivity index (χ2v) is 6.19. The van der Waals surface area contributed by atoms with Crippen LogP contribution in [-0.2, 0) is 0 Å². The first-order chi connectivity index (χ1) is 13.4. The van der Waals surface area contributed by atoms with Gasteiger partial charge in [-0.1, -0.05) is 78.9 Å². The number of nitrogens with zero attached hydrogens (tertiary/aromatic N) is 2. The van der Waals surface area contributed by atoms with Gasteiger partial charge in [-0.25, -0.2) is 4.98 Å². The fourth-order valence-corrected chi connectivity index (χ4v) is 2.97. The van der Waals surface area contributed by atoms with Crippen LogP contribution in [0.4, 0.5) is 0 Å². The van der Waals surface area contributed by atoms with Crippen molar-refractivity contribution in [1.29, 1.82) is 0 Å². The molecule has 0 bridgehead atoms. The highest BCUT2D eigenvalue weighted by Gasteiger charge is 2.07. The largest absolute Gasteiger partial charge is 0.295 e. The van der Waals surface area contributed by atoms with Crippen LogP contribution in [0.15, 0.2) is 97.2 Å². The molecule has 0 aliphatic rings. The lowest BCUT2D eigenvalue weighted by atomic mass is 10.2. The zero-order valence-corrected chi connectivity index (χ0v) is 14.9. The van der Waals surface area contributed by atoms with Gasteiger partial charge < -0.3 is 0 Å². The van der Waals surface area contributed by atoms with E-state index in [1.807, 2.05) is 60.8 Å². The summed E-state index contributed by atoms with van der Waals surface area (Å²) in [5.41, 5.74) is 4.52. The van der Waals surface area contributed by atoms with Gasteiger partial charge in [0, 0.05) is 17.6 Å². The topological polar surface area (TPSA) is 17.8 Å². The van der Waals surface area contributed by atoms with Gasteiger partial charge in [0.15, 0.2) is 0 Å². The lowest BCUT2D eigenvalue weighted by molar-refractivity contribution is 0.985. The molecule has 2 heterocycles. The van der Waals surface area contributed by atoms with Crippen LogP contribution < -0.4 is 0 Å². The van der Waals surface area contributed by atoms with Crippen LogP contribution in [0, 0.1) is 0 Å². The fourth-order valence-electron chi connectivity index (χ4n) is 2.97. The zero-order valence-electron chi connectivity index (χ0n) is 14.9. The van der Waals surface area contributed by atoms with E-state index in [0.29, 0.717) is 0 Å². The Morgan fingerprint density at radius 3 is 1.52 bits per heavy atom. The lowest BCUT2D eigenvalue weighted by Crippen LogP contribution is -2.01. The Kier molecular flexibility index (Phi) is 5.07. The molecule has 0 aliphatic carbocycles. The smallest absolute Gasteiger partial charge is 0.137 e. The number of pyridine rings is 1. The molecule has 27 heavy (non-hydrogen) atoms. The van der Waals surface area contributed by atoms with Gasteiger partial charge in [0.1, 0.15) is 5.82 Å². The van der Waals surface area contributed by atoms with Crippen LogP contribution in [-0.4, -0.2) is 9.55 Å². The van der Waals surface area contributed by atoms with E-state index in [4.69, 9.17) is 0 Å². The van der Waals surface area contributed by atoms with E-state index in [2.05, 4.69) is 70.3 Å². The van der Waals surface area contributed by atoms with Crippen LogP contribution in [0.5, 0.6) is 0 Å². The molecule has 2 nitrogen and oxygen atoms in total. The van der Waals surface area contributed by atoms with E-state index in [9.17, 15) is 0 Å². The summed E-state index contributed by atoms with van der Waals surface area (Å²) in [6.07, 6.45) is 10.3. The van der Waals surface area contributed by atoms with E-state index in [1.165, 1.54) is 11.1 Å². The maximum atomic E-state index is 4.55. The molecule has 0 saturated carbocycles. The molecule has 2 aromatic heterocycles. The van der Waals surface area contributed by atoms with Gasteiger partial charge in [-0.3, -0.25) is 4.57 Å². The van der Waals surface area contributed by atoms with Gasteiger partial charge >= 0.3 is 0 Å². The van der Waals surface area contributed by atoms with Gasteiger partial charge in [-0.05, 0) is 47.5 Å². The predicted octanol–water partition coefficient (Wildman–Crippen LogP) is 6.21. The normalized spacial score (nSPS) is 11.4. The van der Waals surface area contributed by atoms with E-state index < -0.39 is 0 Å². The second-order valence-electron chi connectivity index (χ2n) is 6.19. The van der Waals surface area contributed by atoms with Gasteiger partial charge in [-0.15, -0.1) is 0 Å². The quantitative estimate of drug-likeness (QED) is 0.419. The molecule has 2 heteroatoms. The van der Waals surface area contributed by atoms with Crippen molar-refractivity contribution in [3.63, 3.8) is 0 Å². The SMILES string of the molecule is C(=C\c1ccc(/C=C/c2ccccc2)n1-c1ccccn1)/c1ccccc1. The average Bonchev–Trinajstić information content (AvgIpc) is 3.16. The Morgan fingerprint density at radius 1 is 0.519 bits per heavy atom. The lowest BCUT2D eigenvalue weighted by Gasteiger charge is -2.08. The summed E-state index contributed by atoms with van der Waals surface area (Å²) in [7, 11) is 0. The summed E-state index contributed by atoms with van der Waals surface area (Å²) in [6, 6.07) is 30.9. The van der Waals surface area contributed by atoms with E-state index in [0.717, 1.165) is 17.2 Å². The third-order valence-electron chi connectivity index (χ3n) is 4.31. The van der Waals surface area contributed by atoms with Gasteiger partial charge in [0.25, 0.3) is 0 Å². The Labute approximate surface area is 159 Å². The van der Waals surface area contributed by atoms with Gasteiger partial charge in [0.2, 0.25) is 0 Å². The molecular formula is C25H20N2. The molecule has 130 valence electrons. The zero-order chi connectivity index (χ0) is 18.3. The number of hydrogen-bond donors (Lipinski definition) is 0. The molecular weight excluding hydrogens is 328 g/mol. The molecule has 0 unspecified atom stereocenters. The molecule has 0 amide bonds. The highest BCUT2D eigenvalue weighted by atomic mass is 15.1. The van der Waals surface area contributed by atoms with Gasteiger partial charge in [0.05, 0.1) is 0 Å². The van der Waals surface area contributed by atoms with Crippen molar-refractivity contribution < 1.29 is 0 Å². The van der Waals surface area contributed by atoms with Crippen molar-refractivity contribution in [3.05, 3.63) is 120 Å².